The molecule has 0 saturated heterocycles. The van der Waals surface area contributed by atoms with Crippen LogP contribution in [0.3, 0.4) is 0 Å². The first-order valence-corrected chi connectivity index (χ1v) is 11.2. The summed E-state index contributed by atoms with van der Waals surface area (Å²) in [7, 11) is 0. The maximum absolute atomic E-state index is 14.2. The third kappa shape index (κ3) is 4.55. The minimum Gasteiger partial charge on any atom is -0.481 e. The largest absolute Gasteiger partial charge is 0.481 e. The number of nitrogens with one attached hydrogen (secondary N) is 1. The number of aryl methyl sites for hydroxylation is 1. The number of benzene rings is 3. The molecule has 6 heteroatoms. The fourth-order valence-corrected chi connectivity index (χ4v) is 4.15. The van der Waals surface area contributed by atoms with Gasteiger partial charge in [-0.05, 0) is 56.2 Å². The lowest BCUT2D eigenvalue weighted by molar-refractivity contribution is -0.122. The SMILES string of the molecule is Cc1cccc(OC(C)C(=O)Nc2ccccc2-c2csc(-c3ccccc3F)n2)c1C. The highest BCUT2D eigenvalue weighted by Gasteiger charge is 2.19. The highest BCUT2D eigenvalue weighted by atomic mass is 32.1. The number of anilines is 1. The Morgan fingerprint density at radius 1 is 1.00 bits per heavy atom. The Bertz CT molecular complexity index is 1270. The highest BCUT2D eigenvalue weighted by molar-refractivity contribution is 7.13. The van der Waals surface area contributed by atoms with Gasteiger partial charge in [-0.1, -0.05) is 42.5 Å². The fraction of sp³-hybridized carbons (Fsp3) is 0.154. The van der Waals surface area contributed by atoms with Crippen LogP contribution in [0.5, 0.6) is 5.75 Å². The average Bonchev–Trinajstić information content (AvgIpc) is 3.27. The normalized spacial score (nSPS) is 11.8. The number of rotatable bonds is 6. The zero-order chi connectivity index (χ0) is 22.7. The number of amides is 1. The number of carbonyl (C=O) groups is 1. The Kier molecular flexibility index (Phi) is 6.32. The molecule has 1 amide bonds. The number of ether oxygens (including phenoxy) is 1. The lowest BCUT2D eigenvalue weighted by Crippen LogP contribution is -2.30. The topological polar surface area (TPSA) is 51.2 Å². The highest BCUT2D eigenvalue weighted by Crippen LogP contribution is 2.33. The molecule has 32 heavy (non-hydrogen) atoms. The van der Waals surface area contributed by atoms with E-state index < -0.39 is 6.10 Å². The molecule has 4 aromatic rings. The predicted molar refractivity (Wildman–Crippen MR) is 128 cm³/mol. The zero-order valence-corrected chi connectivity index (χ0v) is 18.9. The number of hydrogen-bond acceptors (Lipinski definition) is 4. The summed E-state index contributed by atoms with van der Waals surface area (Å²) in [4.78, 5) is 17.5. The van der Waals surface area contributed by atoms with E-state index in [1.807, 2.05) is 61.7 Å². The van der Waals surface area contributed by atoms with Crippen LogP contribution in [-0.2, 0) is 4.79 Å². The molecule has 0 saturated carbocycles. The Balaban J connectivity index is 1.55. The maximum atomic E-state index is 14.2. The van der Waals surface area contributed by atoms with Crippen LogP contribution < -0.4 is 10.1 Å². The molecule has 1 N–H and O–H groups in total. The van der Waals surface area contributed by atoms with Gasteiger partial charge in [0.15, 0.2) is 6.10 Å². The van der Waals surface area contributed by atoms with Crippen LogP contribution in [0.2, 0.25) is 0 Å². The van der Waals surface area contributed by atoms with Crippen LogP contribution >= 0.6 is 11.3 Å². The molecule has 1 aromatic heterocycles. The standard InChI is InChI=1S/C26H23FN2O2S/c1-16-9-8-14-24(17(16)2)31-18(3)25(30)28-22-13-7-5-11-20(22)23-15-32-26(29-23)19-10-4-6-12-21(19)27/h4-15,18H,1-3H3,(H,28,30). The van der Waals surface area contributed by atoms with Gasteiger partial charge in [0.05, 0.1) is 11.4 Å². The van der Waals surface area contributed by atoms with E-state index >= 15 is 0 Å². The lowest BCUT2D eigenvalue weighted by atomic mass is 10.1. The van der Waals surface area contributed by atoms with Crippen molar-refractivity contribution in [2.45, 2.75) is 26.9 Å². The summed E-state index contributed by atoms with van der Waals surface area (Å²) in [6, 6.07) is 19.8. The Morgan fingerprint density at radius 2 is 1.72 bits per heavy atom. The summed E-state index contributed by atoms with van der Waals surface area (Å²) in [5.41, 5.74) is 4.64. The van der Waals surface area contributed by atoms with E-state index in [2.05, 4.69) is 10.3 Å². The Morgan fingerprint density at radius 3 is 2.50 bits per heavy atom. The molecule has 0 fully saturated rings. The summed E-state index contributed by atoms with van der Waals surface area (Å²) >= 11 is 1.36. The van der Waals surface area contributed by atoms with E-state index in [1.165, 1.54) is 17.4 Å². The van der Waals surface area contributed by atoms with Gasteiger partial charge in [0.1, 0.15) is 16.6 Å². The molecular formula is C26H23FN2O2S. The number of halogens is 1. The Labute approximate surface area is 190 Å². The fourth-order valence-electron chi connectivity index (χ4n) is 3.30. The van der Waals surface area contributed by atoms with E-state index in [0.717, 1.165) is 16.7 Å². The number of thiazole rings is 1. The van der Waals surface area contributed by atoms with Crippen LogP contribution in [0.4, 0.5) is 10.1 Å². The van der Waals surface area contributed by atoms with Crippen LogP contribution in [0, 0.1) is 19.7 Å². The van der Waals surface area contributed by atoms with E-state index in [0.29, 0.717) is 27.7 Å². The molecule has 0 aliphatic rings. The summed E-state index contributed by atoms with van der Waals surface area (Å²) in [6.07, 6.45) is -0.687. The molecule has 3 aromatic carbocycles. The second kappa shape index (κ2) is 9.32. The van der Waals surface area contributed by atoms with Crippen LogP contribution in [0.1, 0.15) is 18.1 Å². The van der Waals surface area contributed by atoms with Gasteiger partial charge in [0.2, 0.25) is 0 Å². The minimum absolute atomic E-state index is 0.261. The van der Waals surface area contributed by atoms with Gasteiger partial charge in [-0.15, -0.1) is 11.3 Å². The van der Waals surface area contributed by atoms with Crippen molar-refractivity contribution in [3.05, 3.63) is 89.1 Å². The van der Waals surface area contributed by atoms with Gasteiger partial charge in [-0.2, -0.15) is 0 Å². The van der Waals surface area contributed by atoms with Crippen LogP contribution in [0.25, 0.3) is 21.8 Å². The monoisotopic (exact) mass is 446 g/mol. The van der Waals surface area contributed by atoms with Crippen molar-refractivity contribution in [3.8, 4) is 27.6 Å². The van der Waals surface area contributed by atoms with Gasteiger partial charge in [-0.3, -0.25) is 4.79 Å². The van der Waals surface area contributed by atoms with Gasteiger partial charge in [0.25, 0.3) is 5.91 Å². The number of aromatic nitrogens is 1. The second-order valence-electron chi connectivity index (χ2n) is 7.51. The van der Waals surface area contributed by atoms with Crippen molar-refractivity contribution < 1.29 is 13.9 Å². The van der Waals surface area contributed by atoms with E-state index in [9.17, 15) is 9.18 Å². The Hall–Kier alpha value is -3.51. The van der Waals surface area contributed by atoms with E-state index in [-0.39, 0.29) is 11.7 Å². The van der Waals surface area contributed by atoms with Gasteiger partial charge < -0.3 is 10.1 Å². The second-order valence-corrected chi connectivity index (χ2v) is 8.37. The molecule has 1 heterocycles. The smallest absolute Gasteiger partial charge is 0.265 e. The zero-order valence-electron chi connectivity index (χ0n) is 18.1. The lowest BCUT2D eigenvalue weighted by Gasteiger charge is -2.18. The van der Waals surface area contributed by atoms with E-state index in [1.54, 1.807) is 25.1 Å². The summed E-state index contributed by atoms with van der Waals surface area (Å²) in [6.45, 7) is 5.70. The molecule has 4 nitrogen and oxygen atoms in total. The van der Waals surface area contributed by atoms with Crippen molar-refractivity contribution in [1.82, 2.24) is 4.98 Å². The molecule has 162 valence electrons. The van der Waals surface area contributed by atoms with Gasteiger partial charge in [-0.25, -0.2) is 9.37 Å². The number of nitrogens with zero attached hydrogens (tertiary/aromatic N) is 1. The van der Waals surface area contributed by atoms with Crippen LogP contribution in [-0.4, -0.2) is 17.0 Å². The van der Waals surface area contributed by atoms with Crippen molar-refractivity contribution in [1.29, 1.82) is 0 Å². The van der Waals surface area contributed by atoms with Crippen molar-refractivity contribution >= 4 is 22.9 Å². The molecule has 1 atom stereocenters. The third-order valence-electron chi connectivity index (χ3n) is 5.30. The number of hydrogen-bond donors (Lipinski definition) is 1. The summed E-state index contributed by atoms with van der Waals surface area (Å²) in [5.74, 6) is 0.116. The van der Waals surface area contributed by atoms with Crippen molar-refractivity contribution in [3.63, 3.8) is 0 Å². The van der Waals surface area contributed by atoms with Gasteiger partial charge in [0, 0.05) is 16.5 Å². The number of para-hydroxylation sites is 1. The molecule has 0 radical (unpaired) electrons. The first-order valence-electron chi connectivity index (χ1n) is 10.3. The summed E-state index contributed by atoms with van der Waals surface area (Å²) < 4.78 is 20.1. The summed E-state index contributed by atoms with van der Waals surface area (Å²) in [5, 5.41) is 5.40. The van der Waals surface area contributed by atoms with Crippen molar-refractivity contribution in [2.24, 2.45) is 0 Å². The first-order chi connectivity index (χ1) is 15.4. The molecule has 0 aliphatic heterocycles. The molecule has 1 unspecified atom stereocenters. The molecule has 0 aliphatic carbocycles. The number of carbonyl (C=O) groups excluding carboxylic acids is 1. The van der Waals surface area contributed by atoms with Gasteiger partial charge >= 0.3 is 0 Å². The molecule has 4 rings (SSSR count). The maximum Gasteiger partial charge on any atom is 0.265 e. The van der Waals surface area contributed by atoms with Crippen LogP contribution in [0.15, 0.2) is 72.1 Å². The average molecular weight is 447 g/mol. The quantitative estimate of drug-likeness (QED) is 0.361. The first kappa shape index (κ1) is 21.7. The molecular weight excluding hydrogens is 423 g/mol. The van der Waals surface area contributed by atoms with E-state index in [4.69, 9.17) is 4.74 Å². The molecule has 0 bridgehead atoms. The minimum atomic E-state index is -0.687. The molecule has 0 spiro atoms. The third-order valence-corrected chi connectivity index (χ3v) is 6.17. The van der Waals surface area contributed by atoms with Crippen molar-refractivity contribution in [2.75, 3.05) is 5.32 Å². The predicted octanol–water partition coefficient (Wildman–Crippen LogP) is 6.64.